The Morgan fingerprint density at radius 3 is 2.19 bits per heavy atom. The van der Waals surface area contributed by atoms with Gasteiger partial charge in [0.25, 0.3) is 0 Å². The SMILES string of the molecule is Cc1ccc(CN2CCc3cc(C(=O)C4(CC5CCN(Cc6ccccc6)CC5)OC(=O)C=CC(=O)O4)ccc32)cc1. The number of carbonyl (C=O) groups excluding carboxylic acids is 3. The van der Waals surface area contributed by atoms with Crippen LogP contribution in [0, 0.1) is 12.8 Å². The van der Waals surface area contributed by atoms with Crippen molar-refractivity contribution in [3.63, 3.8) is 0 Å². The van der Waals surface area contributed by atoms with Crippen LogP contribution >= 0.6 is 0 Å². The van der Waals surface area contributed by atoms with Gasteiger partial charge < -0.3 is 14.4 Å². The minimum absolute atomic E-state index is 0.0547. The van der Waals surface area contributed by atoms with Crippen LogP contribution in [0.1, 0.15) is 51.9 Å². The molecule has 0 aromatic heterocycles. The first kappa shape index (κ1) is 27.9. The van der Waals surface area contributed by atoms with Gasteiger partial charge in [0, 0.05) is 49.5 Å². The van der Waals surface area contributed by atoms with Gasteiger partial charge in [0.1, 0.15) is 0 Å². The molecule has 1 fully saturated rings. The van der Waals surface area contributed by atoms with Crippen LogP contribution < -0.4 is 4.90 Å². The van der Waals surface area contributed by atoms with Crippen LogP contribution in [-0.2, 0) is 38.6 Å². The van der Waals surface area contributed by atoms with Crippen molar-refractivity contribution in [3.8, 4) is 0 Å². The maximum Gasteiger partial charge on any atom is 0.334 e. The summed E-state index contributed by atoms with van der Waals surface area (Å²) in [6.07, 6.45) is 4.62. The van der Waals surface area contributed by atoms with Crippen LogP contribution in [-0.4, -0.2) is 48.0 Å². The van der Waals surface area contributed by atoms with E-state index in [0.29, 0.717) is 5.56 Å². The molecule has 0 aliphatic carbocycles. The first-order chi connectivity index (χ1) is 20.4. The number of carbonyl (C=O) groups is 3. The van der Waals surface area contributed by atoms with Crippen LogP contribution in [0.4, 0.5) is 5.69 Å². The van der Waals surface area contributed by atoms with Gasteiger partial charge in [-0.05, 0) is 80.1 Å². The van der Waals surface area contributed by atoms with Crippen LogP contribution in [0.5, 0.6) is 0 Å². The predicted molar refractivity (Wildman–Crippen MR) is 160 cm³/mol. The van der Waals surface area contributed by atoms with Crippen molar-refractivity contribution in [1.82, 2.24) is 4.90 Å². The van der Waals surface area contributed by atoms with Gasteiger partial charge in [-0.15, -0.1) is 0 Å². The Hall–Kier alpha value is -4.23. The van der Waals surface area contributed by atoms with Gasteiger partial charge in [-0.3, -0.25) is 9.69 Å². The second-order valence-electron chi connectivity index (χ2n) is 11.7. The fourth-order valence-corrected chi connectivity index (χ4v) is 6.30. The molecule has 3 aromatic carbocycles. The highest BCUT2D eigenvalue weighted by atomic mass is 16.7. The second-order valence-corrected chi connectivity index (χ2v) is 11.7. The van der Waals surface area contributed by atoms with E-state index in [1.54, 1.807) is 6.07 Å². The number of fused-ring (bicyclic) bond motifs is 1. The molecular formula is C35H36N2O5. The van der Waals surface area contributed by atoms with E-state index in [0.717, 1.165) is 75.4 Å². The number of piperidine rings is 1. The summed E-state index contributed by atoms with van der Waals surface area (Å²) in [5.41, 5.74) is 6.24. The second kappa shape index (κ2) is 11.9. The Morgan fingerprint density at radius 2 is 1.50 bits per heavy atom. The van der Waals surface area contributed by atoms with E-state index >= 15 is 0 Å². The first-order valence-electron chi connectivity index (χ1n) is 14.8. The molecule has 0 radical (unpaired) electrons. The number of nitrogens with zero attached hydrogens (tertiary/aromatic N) is 2. The largest absolute Gasteiger partial charge is 0.411 e. The average molecular weight is 565 g/mol. The lowest BCUT2D eigenvalue weighted by molar-refractivity contribution is -0.207. The van der Waals surface area contributed by atoms with E-state index in [1.807, 2.05) is 30.3 Å². The Labute approximate surface area is 246 Å². The third kappa shape index (κ3) is 6.16. The van der Waals surface area contributed by atoms with Gasteiger partial charge >= 0.3 is 17.7 Å². The van der Waals surface area contributed by atoms with Crippen LogP contribution in [0.15, 0.2) is 84.9 Å². The molecule has 7 heteroatoms. The first-order valence-corrected chi connectivity index (χ1v) is 14.8. The molecule has 0 spiro atoms. The summed E-state index contributed by atoms with van der Waals surface area (Å²) >= 11 is 0. The number of esters is 2. The maximum atomic E-state index is 14.1. The average Bonchev–Trinajstić information content (AvgIpc) is 3.33. The van der Waals surface area contributed by atoms with E-state index in [2.05, 4.69) is 53.1 Å². The normalized spacial score (nSPS) is 18.7. The smallest absolute Gasteiger partial charge is 0.334 e. The van der Waals surface area contributed by atoms with Gasteiger partial charge in [0.15, 0.2) is 0 Å². The Morgan fingerprint density at radius 1 is 0.833 bits per heavy atom. The molecule has 3 aliphatic heterocycles. The molecule has 3 heterocycles. The monoisotopic (exact) mass is 564 g/mol. The number of Topliss-reactive ketones (excluding diaryl/α,β-unsaturated/α-hetero) is 1. The molecule has 0 atom stereocenters. The van der Waals surface area contributed by atoms with Gasteiger partial charge in [-0.1, -0.05) is 60.2 Å². The topological polar surface area (TPSA) is 76.2 Å². The molecular weight excluding hydrogens is 528 g/mol. The molecule has 3 aliphatic rings. The van der Waals surface area contributed by atoms with Gasteiger partial charge in [0.05, 0.1) is 0 Å². The fraction of sp³-hybridized carbons (Fsp3) is 0.343. The lowest BCUT2D eigenvalue weighted by Crippen LogP contribution is -2.49. The Kier molecular flexibility index (Phi) is 7.94. The Bertz CT molecular complexity index is 1470. The molecule has 0 unspecified atom stereocenters. The zero-order chi connectivity index (χ0) is 29.1. The van der Waals surface area contributed by atoms with Gasteiger partial charge in [-0.2, -0.15) is 0 Å². The molecule has 0 N–H and O–H groups in total. The number of hydrogen-bond acceptors (Lipinski definition) is 7. The number of cyclic esters (lactones) is 2. The van der Waals surface area contributed by atoms with Crippen molar-refractivity contribution < 1.29 is 23.9 Å². The van der Waals surface area contributed by atoms with Crippen molar-refractivity contribution in [1.29, 1.82) is 0 Å². The third-order valence-electron chi connectivity index (χ3n) is 8.57. The molecule has 6 rings (SSSR count). The number of ketones is 1. The van der Waals surface area contributed by atoms with Gasteiger partial charge in [0.2, 0.25) is 5.78 Å². The van der Waals surface area contributed by atoms with Crippen molar-refractivity contribution >= 4 is 23.4 Å². The molecule has 216 valence electrons. The highest BCUT2D eigenvalue weighted by Crippen LogP contribution is 2.37. The molecule has 3 aromatic rings. The zero-order valence-corrected chi connectivity index (χ0v) is 24.0. The van der Waals surface area contributed by atoms with Crippen LogP contribution in [0.2, 0.25) is 0 Å². The summed E-state index contributed by atoms with van der Waals surface area (Å²) in [4.78, 5) is 44.0. The number of ether oxygens (including phenoxy) is 2. The van der Waals surface area contributed by atoms with Crippen LogP contribution in [0.25, 0.3) is 0 Å². The minimum atomic E-state index is -1.99. The lowest BCUT2D eigenvalue weighted by atomic mass is 9.86. The standard InChI is InChI=1S/C35H36N2O5/c1-25-7-9-28(10-8-25)24-37-20-17-29-21-30(11-12-31(29)37)34(40)35(41-32(38)13-14-33(39)42-35)22-26-15-18-36(19-16-26)23-27-5-3-2-4-6-27/h2-14,21,26H,15-20,22-24H2,1H3. The summed E-state index contributed by atoms with van der Waals surface area (Å²) in [5.74, 6) is -3.92. The summed E-state index contributed by atoms with van der Waals surface area (Å²) in [6, 6.07) is 24.4. The molecule has 1 saturated heterocycles. The van der Waals surface area contributed by atoms with E-state index in [1.165, 1.54) is 16.7 Å². The van der Waals surface area contributed by atoms with Crippen molar-refractivity contribution in [3.05, 3.63) is 113 Å². The fourth-order valence-electron chi connectivity index (χ4n) is 6.30. The lowest BCUT2D eigenvalue weighted by Gasteiger charge is -2.37. The number of likely N-dealkylation sites (tertiary alicyclic amines) is 1. The van der Waals surface area contributed by atoms with Crippen LogP contribution in [0.3, 0.4) is 0 Å². The Balaban J connectivity index is 1.19. The number of rotatable bonds is 8. The van der Waals surface area contributed by atoms with E-state index in [4.69, 9.17) is 9.47 Å². The highest BCUT2D eigenvalue weighted by molar-refractivity contribution is 6.06. The third-order valence-corrected chi connectivity index (χ3v) is 8.57. The number of aryl methyl sites for hydroxylation is 1. The highest BCUT2D eigenvalue weighted by Gasteiger charge is 2.49. The molecule has 7 nitrogen and oxygen atoms in total. The van der Waals surface area contributed by atoms with Crippen molar-refractivity contribution in [2.45, 2.75) is 51.5 Å². The zero-order valence-electron chi connectivity index (χ0n) is 24.0. The van der Waals surface area contributed by atoms with Gasteiger partial charge in [-0.25, -0.2) is 9.59 Å². The van der Waals surface area contributed by atoms with E-state index in [9.17, 15) is 14.4 Å². The molecule has 0 bridgehead atoms. The number of benzene rings is 3. The molecule has 42 heavy (non-hydrogen) atoms. The van der Waals surface area contributed by atoms with Crippen molar-refractivity contribution in [2.24, 2.45) is 5.92 Å². The molecule has 0 amide bonds. The summed E-state index contributed by atoms with van der Waals surface area (Å²) in [7, 11) is 0. The molecule has 0 saturated carbocycles. The number of hydrogen-bond donors (Lipinski definition) is 0. The number of anilines is 1. The summed E-state index contributed by atoms with van der Waals surface area (Å²) in [5, 5.41) is 0. The minimum Gasteiger partial charge on any atom is -0.411 e. The summed E-state index contributed by atoms with van der Waals surface area (Å²) < 4.78 is 11.4. The van der Waals surface area contributed by atoms with Crippen molar-refractivity contribution in [2.75, 3.05) is 24.5 Å². The van der Waals surface area contributed by atoms with E-state index < -0.39 is 23.5 Å². The van der Waals surface area contributed by atoms with E-state index in [-0.39, 0.29) is 12.3 Å². The maximum absolute atomic E-state index is 14.1. The quantitative estimate of drug-likeness (QED) is 0.268. The predicted octanol–water partition coefficient (Wildman–Crippen LogP) is 5.40. The summed E-state index contributed by atoms with van der Waals surface area (Å²) in [6.45, 7) is 6.27.